The molecule has 0 radical (unpaired) electrons. The van der Waals surface area contributed by atoms with Crippen molar-refractivity contribution >= 4 is 5.69 Å². The molecule has 82 valence electrons. The van der Waals surface area contributed by atoms with Gasteiger partial charge in [-0.15, -0.1) is 0 Å². The Morgan fingerprint density at radius 3 is 2.60 bits per heavy atom. The molecule has 0 saturated heterocycles. The van der Waals surface area contributed by atoms with Crippen LogP contribution in [0.15, 0.2) is 24.3 Å². The molecule has 1 fully saturated rings. The number of rotatable bonds is 4. The van der Waals surface area contributed by atoms with Crippen LogP contribution in [0.4, 0.5) is 10.1 Å². The van der Waals surface area contributed by atoms with Crippen molar-refractivity contribution < 1.29 is 4.39 Å². The van der Waals surface area contributed by atoms with Crippen LogP contribution in [0.25, 0.3) is 0 Å². The molecular weight excluding hydrogens is 191 g/mol. The predicted molar refractivity (Wildman–Crippen MR) is 60.2 cm³/mol. The third-order valence-electron chi connectivity index (χ3n) is 3.37. The Balaban J connectivity index is 1.95. The lowest BCUT2D eigenvalue weighted by Crippen LogP contribution is -2.43. The summed E-state index contributed by atoms with van der Waals surface area (Å²) in [5.41, 5.74) is 6.53. The van der Waals surface area contributed by atoms with Gasteiger partial charge in [0.15, 0.2) is 0 Å². The van der Waals surface area contributed by atoms with E-state index < -0.39 is 0 Å². The minimum absolute atomic E-state index is 0.191. The Labute approximate surface area is 89.7 Å². The first kappa shape index (κ1) is 10.4. The number of hydrogen-bond donors (Lipinski definition) is 2. The zero-order valence-electron chi connectivity index (χ0n) is 8.80. The molecule has 0 heterocycles. The predicted octanol–water partition coefficient (Wildman–Crippen LogP) is 2.37. The fourth-order valence-corrected chi connectivity index (χ4v) is 2.02. The van der Waals surface area contributed by atoms with Gasteiger partial charge in [0.2, 0.25) is 0 Å². The normalized spacial score (nSPS) is 18.3. The van der Waals surface area contributed by atoms with Gasteiger partial charge in [0.05, 0.1) is 5.69 Å². The van der Waals surface area contributed by atoms with Gasteiger partial charge in [-0.05, 0) is 36.9 Å². The summed E-state index contributed by atoms with van der Waals surface area (Å²) < 4.78 is 13.3. The number of anilines is 1. The van der Waals surface area contributed by atoms with Crippen LogP contribution < -0.4 is 11.1 Å². The number of para-hydroxylation sites is 1. The largest absolute Gasteiger partial charge is 0.382 e. The van der Waals surface area contributed by atoms with Crippen molar-refractivity contribution in [1.82, 2.24) is 0 Å². The zero-order valence-corrected chi connectivity index (χ0v) is 8.80. The summed E-state index contributed by atoms with van der Waals surface area (Å²) in [6, 6.07) is 6.76. The van der Waals surface area contributed by atoms with Gasteiger partial charge in [-0.3, -0.25) is 0 Å². The highest BCUT2D eigenvalue weighted by Gasteiger charge is 2.35. The Morgan fingerprint density at radius 2 is 2.07 bits per heavy atom. The summed E-state index contributed by atoms with van der Waals surface area (Å²) in [4.78, 5) is 0. The van der Waals surface area contributed by atoms with Gasteiger partial charge < -0.3 is 11.1 Å². The lowest BCUT2D eigenvalue weighted by molar-refractivity contribution is 0.163. The second-order valence-electron chi connectivity index (χ2n) is 4.39. The van der Waals surface area contributed by atoms with E-state index in [4.69, 9.17) is 5.73 Å². The second kappa shape index (κ2) is 4.19. The topological polar surface area (TPSA) is 38.0 Å². The molecule has 1 aromatic rings. The van der Waals surface area contributed by atoms with E-state index in [0.29, 0.717) is 12.2 Å². The fraction of sp³-hybridized carbons (Fsp3) is 0.500. The second-order valence-corrected chi connectivity index (χ2v) is 4.39. The molecule has 0 amide bonds. The summed E-state index contributed by atoms with van der Waals surface area (Å²) in [6.07, 6.45) is 3.56. The molecule has 2 rings (SSSR count). The highest BCUT2D eigenvalue weighted by atomic mass is 19.1. The maximum Gasteiger partial charge on any atom is 0.146 e. The summed E-state index contributed by atoms with van der Waals surface area (Å²) in [6.45, 7) is 1.47. The van der Waals surface area contributed by atoms with E-state index in [0.717, 1.165) is 19.4 Å². The number of hydrogen-bond acceptors (Lipinski definition) is 2. The van der Waals surface area contributed by atoms with Crippen molar-refractivity contribution in [3.05, 3.63) is 30.1 Å². The quantitative estimate of drug-likeness (QED) is 0.797. The van der Waals surface area contributed by atoms with E-state index in [1.54, 1.807) is 12.1 Å². The van der Waals surface area contributed by atoms with Gasteiger partial charge in [0.1, 0.15) is 5.82 Å². The standard InChI is InChI=1S/C12H17FN2/c13-10-4-1-2-5-11(10)15-9-12(8-14)6-3-7-12/h1-2,4-5,15H,3,6-9,14H2. The molecule has 2 nitrogen and oxygen atoms in total. The highest BCUT2D eigenvalue weighted by Crippen LogP contribution is 2.39. The van der Waals surface area contributed by atoms with Gasteiger partial charge in [0.25, 0.3) is 0 Å². The molecule has 0 atom stereocenters. The lowest BCUT2D eigenvalue weighted by Gasteiger charge is -2.41. The van der Waals surface area contributed by atoms with Crippen LogP contribution >= 0.6 is 0 Å². The average molecular weight is 208 g/mol. The van der Waals surface area contributed by atoms with Gasteiger partial charge in [-0.1, -0.05) is 18.6 Å². The van der Waals surface area contributed by atoms with Crippen LogP contribution in [0.2, 0.25) is 0 Å². The molecule has 0 bridgehead atoms. The Kier molecular flexibility index (Phi) is 2.91. The Morgan fingerprint density at radius 1 is 1.33 bits per heavy atom. The van der Waals surface area contributed by atoms with Crippen LogP contribution in [0.1, 0.15) is 19.3 Å². The van der Waals surface area contributed by atoms with Gasteiger partial charge in [0, 0.05) is 6.54 Å². The van der Waals surface area contributed by atoms with Gasteiger partial charge in [-0.2, -0.15) is 0 Å². The molecule has 1 saturated carbocycles. The van der Waals surface area contributed by atoms with E-state index in [1.807, 2.05) is 6.07 Å². The van der Waals surface area contributed by atoms with Crippen molar-refractivity contribution in [3.8, 4) is 0 Å². The van der Waals surface area contributed by atoms with Crippen molar-refractivity contribution in [1.29, 1.82) is 0 Å². The minimum Gasteiger partial charge on any atom is -0.382 e. The monoisotopic (exact) mass is 208 g/mol. The third kappa shape index (κ3) is 2.12. The van der Waals surface area contributed by atoms with Crippen LogP contribution in [-0.2, 0) is 0 Å². The molecule has 0 unspecified atom stereocenters. The van der Waals surface area contributed by atoms with Crippen molar-refractivity contribution in [2.24, 2.45) is 11.1 Å². The first-order valence-corrected chi connectivity index (χ1v) is 5.44. The molecule has 1 aliphatic rings. The molecule has 0 aromatic heterocycles. The molecular formula is C12H17FN2. The smallest absolute Gasteiger partial charge is 0.146 e. The van der Waals surface area contributed by atoms with Crippen LogP contribution in [-0.4, -0.2) is 13.1 Å². The molecule has 3 N–H and O–H groups in total. The van der Waals surface area contributed by atoms with Crippen molar-refractivity contribution in [2.75, 3.05) is 18.4 Å². The first-order chi connectivity index (χ1) is 7.26. The zero-order chi connectivity index (χ0) is 10.7. The van der Waals surface area contributed by atoms with Crippen LogP contribution in [0, 0.1) is 11.2 Å². The first-order valence-electron chi connectivity index (χ1n) is 5.44. The van der Waals surface area contributed by atoms with Crippen LogP contribution in [0.5, 0.6) is 0 Å². The molecule has 1 aliphatic carbocycles. The Hall–Kier alpha value is -1.09. The highest BCUT2D eigenvalue weighted by molar-refractivity contribution is 5.44. The number of nitrogens with one attached hydrogen (secondary N) is 1. The lowest BCUT2D eigenvalue weighted by atomic mass is 9.69. The SMILES string of the molecule is NCC1(CNc2ccccc2F)CCC1. The molecule has 15 heavy (non-hydrogen) atoms. The van der Waals surface area contributed by atoms with E-state index in [2.05, 4.69) is 5.32 Å². The maximum absolute atomic E-state index is 13.3. The summed E-state index contributed by atoms with van der Waals surface area (Å²) in [5.74, 6) is -0.191. The summed E-state index contributed by atoms with van der Waals surface area (Å²) in [7, 11) is 0. The van der Waals surface area contributed by atoms with E-state index in [-0.39, 0.29) is 11.2 Å². The van der Waals surface area contributed by atoms with Crippen molar-refractivity contribution in [2.45, 2.75) is 19.3 Å². The molecule has 0 aliphatic heterocycles. The third-order valence-corrected chi connectivity index (χ3v) is 3.37. The average Bonchev–Trinajstić information content (AvgIpc) is 2.19. The van der Waals surface area contributed by atoms with Gasteiger partial charge >= 0.3 is 0 Å². The number of benzene rings is 1. The van der Waals surface area contributed by atoms with Crippen molar-refractivity contribution in [3.63, 3.8) is 0 Å². The number of nitrogens with two attached hydrogens (primary N) is 1. The maximum atomic E-state index is 13.3. The van der Waals surface area contributed by atoms with Crippen LogP contribution in [0.3, 0.4) is 0 Å². The molecule has 3 heteroatoms. The van der Waals surface area contributed by atoms with E-state index in [1.165, 1.54) is 12.5 Å². The summed E-state index contributed by atoms with van der Waals surface area (Å²) >= 11 is 0. The van der Waals surface area contributed by atoms with E-state index >= 15 is 0 Å². The Bertz CT molecular complexity index is 329. The molecule has 1 aromatic carbocycles. The summed E-state index contributed by atoms with van der Waals surface area (Å²) in [5, 5.41) is 3.15. The number of halogens is 1. The van der Waals surface area contributed by atoms with E-state index in [9.17, 15) is 4.39 Å². The molecule has 0 spiro atoms. The minimum atomic E-state index is -0.191. The fourth-order valence-electron chi connectivity index (χ4n) is 2.02. The van der Waals surface area contributed by atoms with Gasteiger partial charge in [-0.25, -0.2) is 4.39 Å².